The zero-order valence-corrected chi connectivity index (χ0v) is 17.0. The number of hydrogen-bond donors (Lipinski definition) is 1. The number of carbonyl (C=O) groups is 1. The van der Waals surface area contributed by atoms with E-state index in [1.165, 1.54) is 11.4 Å². The second kappa shape index (κ2) is 7.46. The molecule has 9 heteroatoms. The molecule has 138 valence electrons. The minimum atomic E-state index is -3.29. The van der Waals surface area contributed by atoms with E-state index in [0.717, 1.165) is 4.47 Å². The van der Waals surface area contributed by atoms with Crippen molar-refractivity contribution in [3.8, 4) is 5.75 Å². The largest absolute Gasteiger partial charge is 0.494 e. The van der Waals surface area contributed by atoms with E-state index in [4.69, 9.17) is 16.3 Å². The molecular weight excluding hydrogens is 444 g/mol. The van der Waals surface area contributed by atoms with Crippen molar-refractivity contribution in [2.75, 3.05) is 29.0 Å². The van der Waals surface area contributed by atoms with Crippen LogP contribution in [0.5, 0.6) is 5.75 Å². The number of nitrogens with one attached hydrogen (secondary N) is 1. The second-order valence-electron chi connectivity index (χ2n) is 5.70. The van der Waals surface area contributed by atoms with Crippen LogP contribution in [0.15, 0.2) is 40.9 Å². The van der Waals surface area contributed by atoms with E-state index in [9.17, 15) is 13.2 Å². The Balaban J connectivity index is 1.89. The number of carbonyl (C=O) groups excluding carboxylic acids is 1. The van der Waals surface area contributed by atoms with Gasteiger partial charge in [-0.2, -0.15) is 0 Å². The van der Waals surface area contributed by atoms with Crippen molar-refractivity contribution in [2.24, 2.45) is 0 Å². The summed E-state index contributed by atoms with van der Waals surface area (Å²) in [5.41, 5.74) is 1.25. The van der Waals surface area contributed by atoms with Gasteiger partial charge in [-0.25, -0.2) is 8.42 Å². The van der Waals surface area contributed by atoms with E-state index in [2.05, 4.69) is 21.2 Å². The Morgan fingerprint density at radius 3 is 2.69 bits per heavy atom. The fraction of sp³-hybridized carbons (Fsp3) is 0.235. The number of halogens is 2. The maximum Gasteiger partial charge on any atom is 0.257 e. The Hall–Kier alpha value is -1.77. The van der Waals surface area contributed by atoms with Crippen molar-refractivity contribution in [3.63, 3.8) is 0 Å². The molecule has 1 aliphatic heterocycles. The summed E-state index contributed by atoms with van der Waals surface area (Å²) in [4.78, 5) is 12.5. The first-order chi connectivity index (χ1) is 12.3. The summed E-state index contributed by atoms with van der Waals surface area (Å²) in [5, 5.41) is 3.07. The molecule has 1 heterocycles. The Labute approximate surface area is 165 Å². The summed E-state index contributed by atoms with van der Waals surface area (Å²) in [6, 6.07) is 9.84. The maximum atomic E-state index is 12.5. The van der Waals surface area contributed by atoms with Crippen molar-refractivity contribution in [3.05, 3.63) is 51.5 Å². The summed E-state index contributed by atoms with van der Waals surface area (Å²) >= 11 is 9.40. The summed E-state index contributed by atoms with van der Waals surface area (Å²) in [6.07, 6.45) is 0.588. The van der Waals surface area contributed by atoms with Crippen LogP contribution >= 0.6 is 27.5 Å². The molecule has 1 saturated heterocycles. The molecule has 0 saturated carbocycles. The predicted octanol–water partition coefficient (Wildman–Crippen LogP) is 3.90. The average molecular weight is 460 g/mol. The molecule has 0 atom stereocenters. The smallest absolute Gasteiger partial charge is 0.257 e. The van der Waals surface area contributed by atoms with Gasteiger partial charge < -0.3 is 10.1 Å². The Bertz CT molecular complexity index is 965. The van der Waals surface area contributed by atoms with Crippen LogP contribution < -0.4 is 14.4 Å². The first-order valence-electron chi connectivity index (χ1n) is 7.76. The SMILES string of the molecule is COc1cc(N2CCCS2(=O)=O)ccc1NC(=O)c1cc(Br)ccc1Cl. The van der Waals surface area contributed by atoms with Gasteiger partial charge in [-0.3, -0.25) is 9.10 Å². The molecular formula is C17H16BrClN2O4S. The van der Waals surface area contributed by atoms with Gasteiger partial charge >= 0.3 is 0 Å². The Kier molecular flexibility index (Phi) is 5.45. The van der Waals surface area contributed by atoms with Crippen LogP contribution in [-0.4, -0.2) is 33.7 Å². The van der Waals surface area contributed by atoms with E-state index in [1.54, 1.807) is 36.4 Å². The van der Waals surface area contributed by atoms with Gasteiger partial charge in [0.05, 0.1) is 34.8 Å². The number of nitrogens with zero attached hydrogens (tertiary/aromatic N) is 1. The lowest BCUT2D eigenvalue weighted by Crippen LogP contribution is -2.25. The van der Waals surface area contributed by atoms with Crippen molar-refractivity contribution < 1.29 is 17.9 Å². The van der Waals surface area contributed by atoms with Crippen LogP contribution in [0, 0.1) is 0 Å². The highest BCUT2D eigenvalue weighted by Gasteiger charge is 2.29. The van der Waals surface area contributed by atoms with E-state index >= 15 is 0 Å². The van der Waals surface area contributed by atoms with Gasteiger partial charge in [0.25, 0.3) is 5.91 Å². The topological polar surface area (TPSA) is 75.7 Å². The van der Waals surface area contributed by atoms with Gasteiger partial charge in [0.2, 0.25) is 10.0 Å². The van der Waals surface area contributed by atoms with Gasteiger partial charge in [0.15, 0.2) is 0 Å². The lowest BCUT2D eigenvalue weighted by atomic mass is 10.2. The van der Waals surface area contributed by atoms with Gasteiger partial charge in [0, 0.05) is 17.1 Å². The molecule has 1 N–H and O–H groups in total. The van der Waals surface area contributed by atoms with Crippen LogP contribution in [0.25, 0.3) is 0 Å². The van der Waals surface area contributed by atoms with Crippen LogP contribution in [0.3, 0.4) is 0 Å². The summed E-state index contributed by atoms with van der Waals surface area (Å²) < 4.78 is 31.6. The van der Waals surface area contributed by atoms with Crippen molar-refractivity contribution in [2.45, 2.75) is 6.42 Å². The van der Waals surface area contributed by atoms with Crippen molar-refractivity contribution in [1.82, 2.24) is 0 Å². The molecule has 2 aromatic rings. The first-order valence-corrected chi connectivity index (χ1v) is 10.5. The van der Waals surface area contributed by atoms with E-state index in [0.29, 0.717) is 40.7 Å². The normalized spacial score (nSPS) is 15.7. The molecule has 6 nitrogen and oxygen atoms in total. The number of ether oxygens (including phenoxy) is 1. The van der Waals surface area contributed by atoms with Crippen molar-refractivity contribution in [1.29, 1.82) is 0 Å². The van der Waals surface area contributed by atoms with Crippen molar-refractivity contribution >= 4 is 54.8 Å². The third kappa shape index (κ3) is 3.82. The monoisotopic (exact) mass is 458 g/mol. The standard InChI is InChI=1S/C17H16BrClN2O4S/c1-25-16-10-12(21-7-2-8-26(21,23)24)4-6-15(16)20-17(22)13-9-11(18)3-5-14(13)19/h3-6,9-10H,2,7-8H2,1H3,(H,20,22). The average Bonchev–Trinajstić information content (AvgIpc) is 2.96. The first kappa shape index (κ1) is 19.0. The molecule has 1 amide bonds. The number of amides is 1. The predicted molar refractivity (Wildman–Crippen MR) is 106 cm³/mol. The van der Waals surface area contributed by atoms with Gasteiger partial charge in [-0.1, -0.05) is 27.5 Å². The van der Waals surface area contributed by atoms with E-state index in [1.807, 2.05) is 0 Å². The van der Waals surface area contributed by atoms with Crippen LogP contribution in [0.1, 0.15) is 16.8 Å². The minimum absolute atomic E-state index is 0.134. The summed E-state index contributed by atoms with van der Waals surface area (Å²) in [7, 11) is -1.83. The molecule has 0 spiro atoms. The molecule has 0 aromatic heterocycles. The molecule has 0 radical (unpaired) electrons. The fourth-order valence-corrected chi connectivity index (χ4v) is 4.85. The fourth-order valence-electron chi connectivity index (χ4n) is 2.73. The zero-order chi connectivity index (χ0) is 18.9. The number of benzene rings is 2. The highest BCUT2D eigenvalue weighted by atomic mass is 79.9. The lowest BCUT2D eigenvalue weighted by molar-refractivity contribution is 0.102. The van der Waals surface area contributed by atoms with Crippen LogP contribution in [0.4, 0.5) is 11.4 Å². The molecule has 0 bridgehead atoms. The lowest BCUT2D eigenvalue weighted by Gasteiger charge is -2.19. The summed E-state index contributed by atoms with van der Waals surface area (Å²) in [5.74, 6) is 0.107. The number of methoxy groups -OCH3 is 1. The maximum absolute atomic E-state index is 12.5. The summed E-state index contributed by atoms with van der Waals surface area (Å²) in [6.45, 7) is 0.435. The molecule has 1 aliphatic rings. The molecule has 2 aromatic carbocycles. The third-order valence-corrected chi connectivity index (χ3v) is 6.69. The number of hydrogen-bond acceptors (Lipinski definition) is 4. The van der Waals surface area contributed by atoms with Gasteiger partial charge in [-0.05, 0) is 36.8 Å². The molecule has 0 aliphatic carbocycles. The molecule has 3 rings (SSSR count). The highest BCUT2D eigenvalue weighted by molar-refractivity contribution is 9.10. The highest BCUT2D eigenvalue weighted by Crippen LogP contribution is 2.33. The minimum Gasteiger partial charge on any atom is -0.494 e. The number of rotatable bonds is 4. The van der Waals surface area contributed by atoms with Crippen LogP contribution in [-0.2, 0) is 10.0 Å². The third-order valence-electron chi connectivity index (χ3n) is 3.99. The molecule has 0 unspecified atom stereocenters. The van der Waals surface area contributed by atoms with E-state index < -0.39 is 15.9 Å². The van der Waals surface area contributed by atoms with E-state index in [-0.39, 0.29) is 5.75 Å². The Morgan fingerprint density at radius 1 is 1.27 bits per heavy atom. The molecule has 26 heavy (non-hydrogen) atoms. The van der Waals surface area contributed by atoms with Gasteiger partial charge in [0.1, 0.15) is 5.75 Å². The second-order valence-corrected chi connectivity index (χ2v) is 9.04. The number of sulfonamides is 1. The number of anilines is 2. The Morgan fingerprint density at radius 2 is 2.04 bits per heavy atom. The molecule has 1 fully saturated rings. The zero-order valence-electron chi connectivity index (χ0n) is 13.8. The van der Waals surface area contributed by atoms with Gasteiger partial charge in [-0.15, -0.1) is 0 Å². The van der Waals surface area contributed by atoms with Crippen LogP contribution in [0.2, 0.25) is 5.02 Å². The quantitative estimate of drug-likeness (QED) is 0.752.